The van der Waals surface area contributed by atoms with Crippen LogP contribution in [0.25, 0.3) is 11.1 Å². The summed E-state index contributed by atoms with van der Waals surface area (Å²) in [5.74, 6) is -1.78. The summed E-state index contributed by atoms with van der Waals surface area (Å²) in [5.41, 5.74) is 3.15. The van der Waals surface area contributed by atoms with Gasteiger partial charge >= 0.3 is 12.1 Å². The SMILES string of the molecule is COC(=O)c1cc(C(F)(F)F)c(-c2ccc(F)cc2C#N)c(I)c1N. The standard InChI is InChI=1S/C16H9F4IN2O2/c1-25-15(24)10-5-11(16(18,19)20)12(13(21)14(10)23)9-3-2-8(17)4-7(9)6-22/h2-5H,23H2,1H3. The first-order chi connectivity index (χ1) is 11.6. The number of nitrogens with two attached hydrogens (primary N) is 1. The Hall–Kier alpha value is -2.35. The van der Waals surface area contributed by atoms with Crippen LogP contribution in [-0.4, -0.2) is 13.1 Å². The fourth-order valence-electron chi connectivity index (χ4n) is 2.26. The first-order valence-corrected chi connectivity index (χ1v) is 7.67. The van der Waals surface area contributed by atoms with Gasteiger partial charge < -0.3 is 10.5 Å². The average molecular weight is 464 g/mol. The number of benzene rings is 2. The number of nitrogens with zero attached hydrogens (tertiary/aromatic N) is 1. The number of hydrogen-bond acceptors (Lipinski definition) is 4. The molecule has 9 heteroatoms. The van der Waals surface area contributed by atoms with Crippen molar-refractivity contribution in [2.24, 2.45) is 0 Å². The van der Waals surface area contributed by atoms with E-state index in [1.165, 1.54) is 0 Å². The van der Waals surface area contributed by atoms with Crippen molar-refractivity contribution in [3.63, 3.8) is 0 Å². The predicted octanol–water partition coefficient (Wildman–Crippen LogP) is 4.36. The van der Waals surface area contributed by atoms with Gasteiger partial charge in [0.05, 0.1) is 35.6 Å². The van der Waals surface area contributed by atoms with Crippen molar-refractivity contribution in [2.75, 3.05) is 12.8 Å². The second-order valence-electron chi connectivity index (χ2n) is 4.87. The lowest BCUT2D eigenvalue weighted by Crippen LogP contribution is -2.15. The molecule has 4 nitrogen and oxygen atoms in total. The molecule has 2 N–H and O–H groups in total. The molecule has 0 aromatic heterocycles. The zero-order chi connectivity index (χ0) is 18.9. The smallest absolute Gasteiger partial charge is 0.417 e. The molecule has 0 bridgehead atoms. The van der Waals surface area contributed by atoms with Gasteiger partial charge in [-0.15, -0.1) is 0 Å². The van der Waals surface area contributed by atoms with Crippen molar-refractivity contribution in [1.82, 2.24) is 0 Å². The summed E-state index contributed by atoms with van der Waals surface area (Å²) in [7, 11) is 1.02. The third-order valence-electron chi connectivity index (χ3n) is 3.39. The van der Waals surface area contributed by atoms with Crippen molar-refractivity contribution < 1.29 is 27.1 Å². The number of ether oxygens (including phenoxy) is 1. The Kier molecular flexibility index (Phi) is 5.22. The Morgan fingerprint density at radius 2 is 1.96 bits per heavy atom. The topological polar surface area (TPSA) is 76.1 Å². The Balaban J connectivity index is 2.94. The quantitative estimate of drug-likeness (QED) is 0.310. The molecule has 0 amide bonds. The van der Waals surface area contributed by atoms with Crippen LogP contribution in [0.5, 0.6) is 0 Å². The van der Waals surface area contributed by atoms with E-state index in [2.05, 4.69) is 4.74 Å². The molecule has 0 spiro atoms. The van der Waals surface area contributed by atoms with Crippen molar-refractivity contribution in [2.45, 2.75) is 6.18 Å². The van der Waals surface area contributed by atoms with Gasteiger partial charge in [0.2, 0.25) is 0 Å². The van der Waals surface area contributed by atoms with Crippen LogP contribution < -0.4 is 5.73 Å². The molecule has 0 fully saturated rings. The minimum absolute atomic E-state index is 0.0871. The summed E-state index contributed by atoms with van der Waals surface area (Å²) >= 11 is 1.56. The van der Waals surface area contributed by atoms with Gasteiger partial charge in [0.15, 0.2) is 0 Å². The fourth-order valence-corrected chi connectivity index (χ4v) is 3.13. The van der Waals surface area contributed by atoms with Gasteiger partial charge in [-0.25, -0.2) is 9.18 Å². The van der Waals surface area contributed by atoms with Crippen LogP contribution in [0.1, 0.15) is 21.5 Å². The number of methoxy groups -OCH3 is 1. The van der Waals surface area contributed by atoms with Crippen molar-refractivity contribution in [1.29, 1.82) is 5.26 Å². The molecule has 25 heavy (non-hydrogen) atoms. The molecule has 2 aromatic carbocycles. The van der Waals surface area contributed by atoms with Crippen molar-refractivity contribution in [3.8, 4) is 17.2 Å². The van der Waals surface area contributed by atoms with Crippen LogP contribution >= 0.6 is 22.6 Å². The summed E-state index contributed by atoms with van der Waals surface area (Å²) in [6.45, 7) is 0. The van der Waals surface area contributed by atoms with E-state index < -0.39 is 34.7 Å². The maximum absolute atomic E-state index is 13.6. The molecule has 2 aromatic rings. The lowest BCUT2D eigenvalue weighted by Gasteiger charge is -2.19. The summed E-state index contributed by atoms with van der Waals surface area (Å²) in [4.78, 5) is 11.7. The van der Waals surface area contributed by atoms with Crippen LogP contribution in [0.15, 0.2) is 24.3 Å². The first kappa shape index (κ1) is 19.0. The molecule has 0 saturated carbocycles. The molecule has 0 heterocycles. The van der Waals surface area contributed by atoms with E-state index in [0.29, 0.717) is 6.07 Å². The minimum Gasteiger partial charge on any atom is -0.465 e. The third-order valence-corrected chi connectivity index (χ3v) is 4.51. The number of carbonyl (C=O) groups excluding carboxylic acids is 1. The second kappa shape index (κ2) is 6.87. The number of esters is 1. The molecule has 0 aliphatic carbocycles. The summed E-state index contributed by atoms with van der Waals surface area (Å²) in [5, 5.41) is 9.13. The van der Waals surface area contributed by atoms with Gasteiger partial charge in [-0.3, -0.25) is 0 Å². The van der Waals surface area contributed by atoms with Crippen LogP contribution in [-0.2, 0) is 10.9 Å². The zero-order valence-electron chi connectivity index (χ0n) is 12.5. The highest BCUT2D eigenvalue weighted by atomic mass is 127. The van der Waals surface area contributed by atoms with Crippen LogP contribution in [0, 0.1) is 20.7 Å². The van der Waals surface area contributed by atoms with E-state index in [-0.39, 0.29) is 20.4 Å². The van der Waals surface area contributed by atoms with Gasteiger partial charge in [0.1, 0.15) is 5.82 Å². The lowest BCUT2D eigenvalue weighted by molar-refractivity contribution is -0.137. The fraction of sp³-hybridized carbons (Fsp3) is 0.125. The Morgan fingerprint density at radius 1 is 1.32 bits per heavy atom. The maximum Gasteiger partial charge on any atom is 0.417 e. The van der Waals surface area contributed by atoms with E-state index in [4.69, 9.17) is 11.0 Å². The Morgan fingerprint density at radius 3 is 2.48 bits per heavy atom. The number of hydrogen-bond donors (Lipinski definition) is 1. The van der Waals surface area contributed by atoms with E-state index in [1.54, 1.807) is 28.7 Å². The first-order valence-electron chi connectivity index (χ1n) is 6.59. The summed E-state index contributed by atoms with van der Waals surface area (Å²) < 4.78 is 58.4. The molecule has 0 aliphatic heterocycles. The summed E-state index contributed by atoms with van der Waals surface area (Å²) in [6, 6.07) is 5.08. The predicted molar refractivity (Wildman–Crippen MR) is 90.0 cm³/mol. The highest BCUT2D eigenvalue weighted by Gasteiger charge is 2.37. The zero-order valence-corrected chi connectivity index (χ0v) is 14.7. The molecule has 0 atom stereocenters. The molecule has 0 saturated heterocycles. The number of nitrogen functional groups attached to an aromatic ring is 1. The number of carbonyl (C=O) groups is 1. The van der Waals surface area contributed by atoms with Gasteiger partial charge in [0.25, 0.3) is 0 Å². The third kappa shape index (κ3) is 3.53. The molecule has 0 unspecified atom stereocenters. The highest BCUT2D eigenvalue weighted by molar-refractivity contribution is 14.1. The normalized spacial score (nSPS) is 11.1. The van der Waals surface area contributed by atoms with E-state index in [9.17, 15) is 22.4 Å². The summed E-state index contributed by atoms with van der Waals surface area (Å²) in [6.07, 6.45) is -4.84. The van der Waals surface area contributed by atoms with Crippen LogP contribution in [0.2, 0.25) is 0 Å². The minimum atomic E-state index is -4.84. The second-order valence-corrected chi connectivity index (χ2v) is 5.94. The largest absolute Gasteiger partial charge is 0.465 e. The van der Waals surface area contributed by atoms with E-state index in [1.807, 2.05) is 0 Å². The number of anilines is 1. The molecule has 130 valence electrons. The van der Waals surface area contributed by atoms with Gasteiger partial charge in [-0.05, 0) is 40.8 Å². The Bertz CT molecular complexity index is 904. The molecular weight excluding hydrogens is 455 g/mol. The monoisotopic (exact) mass is 464 g/mol. The number of alkyl halides is 3. The van der Waals surface area contributed by atoms with Gasteiger partial charge in [-0.2, -0.15) is 18.4 Å². The number of nitriles is 1. The van der Waals surface area contributed by atoms with Crippen LogP contribution in [0.4, 0.5) is 23.2 Å². The number of rotatable bonds is 2. The lowest BCUT2D eigenvalue weighted by atomic mass is 9.93. The molecule has 0 radical (unpaired) electrons. The molecule has 0 aliphatic rings. The number of halogens is 5. The highest BCUT2D eigenvalue weighted by Crippen LogP contribution is 2.44. The average Bonchev–Trinajstić information content (AvgIpc) is 2.55. The van der Waals surface area contributed by atoms with E-state index >= 15 is 0 Å². The molecule has 2 rings (SSSR count). The van der Waals surface area contributed by atoms with Gasteiger partial charge in [-0.1, -0.05) is 6.07 Å². The van der Waals surface area contributed by atoms with Crippen LogP contribution in [0.3, 0.4) is 0 Å². The van der Waals surface area contributed by atoms with E-state index in [0.717, 1.165) is 25.3 Å². The molecular formula is C16H9F4IN2O2. The van der Waals surface area contributed by atoms with Gasteiger partial charge in [0, 0.05) is 14.7 Å². The van der Waals surface area contributed by atoms with Crippen molar-refractivity contribution in [3.05, 3.63) is 50.3 Å². The maximum atomic E-state index is 13.6. The Labute approximate surface area is 153 Å². The van der Waals surface area contributed by atoms with Crippen molar-refractivity contribution >= 4 is 34.2 Å².